The fraction of sp³-hybridized carbons (Fsp3) is 0.294. The molecule has 160 valence electrons. The lowest BCUT2D eigenvalue weighted by molar-refractivity contribution is -0.140. The summed E-state index contributed by atoms with van der Waals surface area (Å²) in [6.45, 7) is 1.60. The van der Waals surface area contributed by atoms with E-state index in [1.807, 2.05) is 0 Å². The van der Waals surface area contributed by atoms with Crippen molar-refractivity contribution in [2.75, 3.05) is 24.9 Å². The first-order chi connectivity index (χ1) is 14.1. The van der Waals surface area contributed by atoms with E-state index < -0.39 is 24.0 Å². The second-order valence-corrected chi connectivity index (χ2v) is 6.44. The molecule has 9 nitrogen and oxygen atoms in total. The average molecular weight is 445 g/mol. The Bertz CT molecular complexity index is 1090. The van der Waals surface area contributed by atoms with Crippen molar-refractivity contribution >= 4 is 34.7 Å². The molecule has 0 saturated carbocycles. The van der Waals surface area contributed by atoms with Crippen molar-refractivity contribution in [3.8, 4) is 5.88 Å². The van der Waals surface area contributed by atoms with E-state index in [0.717, 1.165) is 10.7 Å². The summed E-state index contributed by atoms with van der Waals surface area (Å²) in [4.78, 5) is 20.0. The normalized spacial score (nSPS) is 12.6. The number of anilines is 2. The fourth-order valence-corrected chi connectivity index (χ4v) is 2.88. The highest BCUT2D eigenvalue weighted by Gasteiger charge is 2.35. The molecule has 0 bridgehead atoms. The molecule has 1 atom stereocenters. The van der Waals surface area contributed by atoms with Crippen LogP contribution in [-0.2, 0) is 10.9 Å². The number of nitrogens with zero attached hydrogens (tertiary/aromatic N) is 4. The lowest BCUT2D eigenvalue weighted by Crippen LogP contribution is -2.21. The Morgan fingerprint density at radius 3 is 2.60 bits per heavy atom. The number of ether oxygens (including phenoxy) is 2. The van der Waals surface area contributed by atoms with Crippen LogP contribution in [0.3, 0.4) is 0 Å². The van der Waals surface area contributed by atoms with Crippen molar-refractivity contribution in [2.45, 2.75) is 19.2 Å². The molecule has 2 N–H and O–H groups in total. The van der Waals surface area contributed by atoms with Crippen LogP contribution in [0.15, 0.2) is 24.7 Å². The minimum Gasteiger partial charge on any atom is -0.480 e. The number of halogens is 4. The lowest BCUT2D eigenvalue weighted by Gasteiger charge is -2.16. The van der Waals surface area contributed by atoms with Crippen LogP contribution in [0.4, 0.5) is 29.3 Å². The van der Waals surface area contributed by atoms with Crippen molar-refractivity contribution in [1.82, 2.24) is 19.6 Å². The van der Waals surface area contributed by atoms with Gasteiger partial charge in [0.2, 0.25) is 5.88 Å². The first-order valence-corrected chi connectivity index (χ1v) is 8.77. The summed E-state index contributed by atoms with van der Waals surface area (Å²) in [6, 6.07) is 0.730. The van der Waals surface area contributed by atoms with Gasteiger partial charge in [-0.2, -0.15) is 18.3 Å². The smallest absolute Gasteiger partial charge is 0.434 e. The second kappa shape index (κ2) is 8.32. The van der Waals surface area contributed by atoms with Crippen molar-refractivity contribution < 1.29 is 27.4 Å². The van der Waals surface area contributed by atoms with Crippen LogP contribution in [0, 0.1) is 0 Å². The Hall–Kier alpha value is -3.12. The van der Waals surface area contributed by atoms with Gasteiger partial charge in [0.15, 0.2) is 11.3 Å². The minimum atomic E-state index is -4.65. The summed E-state index contributed by atoms with van der Waals surface area (Å²) in [5.74, 6) is 0.188. The first kappa shape index (κ1) is 21.6. The molecule has 3 aromatic heterocycles. The number of hydrogen-bond donors (Lipinski definition) is 2. The van der Waals surface area contributed by atoms with Gasteiger partial charge in [-0.25, -0.2) is 19.3 Å². The molecular weight excluding hydrogens is 429 g/mol. The van der Waals surface area contributed by atoms with E-state index in [9.17, 15) is 18.0 Å². The molecule has 3 heterocycles. The number of nitrogens with one attached hydrogen (secondary N) is 2. The molecule has 0 aromatic carbocycles. The molecule has 1 unspecified atom stereocenters. The summed E-state index contributed by atoms with van der Waals surface area (Å²) in [6.07, 6.45) is -2.04. The number of pyridine rings is 1. The number of amides is 2. The Morgan fingerprint density at radius 1 is 1.27 bits per heavy atom. The maximum Gasteiger partial charge on any atom is 0.434 e. The highest BCUT2D eigenvalue weighted by atomic mass is 35.5. The molecule has 2 amide bonds. The topological polar surface area (TPSA) is 103 Å². The number of carbonyl (C=O) groups is 1. The van der Waals surface area contributed by atoms with Crippen LogP contribution < -0.4 is 15.4 Å². The third-order valence-corrected chi connectivity index (χ3v) is 4.36. The molecule has 30 heavy (non-hydrogen) atoms. The molecule has 0 aliphatic carbocycles. The Morgan fingerprint density at radius 2 is 2.00 bits per heavy atom. The molecule has 0 fully saturated rings. The number of fused-ring (bicyclic) bond motifs is 1. The van der Waals surface area contributed by atoms with Gasteiger partial charge in [-0.05, 0) is 13.0 Å². The molecular formula is C17H16ClF3N6O3. The Labute approximate surface area is 173 Å². The molecule has 13 heteroatoms. The molecule has 3 rings (SSSR count). The standard InChI is InChI=1S/C17H16ClF3N6O3/c1-8(29-2)13-11(6-23-27-7-12(17(19,20)21)26-14(13)27)25-16(28)24-9-4-10(18)15(30-3)22-5-9/h4-8H,1-3H3,(H2,24,25,28). The van der Waals surface area contributed by atoms with Crippen LogP contribution in [-0.4, -0.2) is 39.8 Å². The minimum absolute atomic E-state index is 0.0939. The second-order valence-electron chi connectivity index (χ2n) is 6.04. The van der Waals surface area contributed by atoms with Gasteiger partial charge in [0.1, 0.15) is 5.02 Å². The van der Waals surface area contributed by atoms with Crippen molar-refractivity contribution in [2.24, 2.45) is 0 Å². The quantitative estimate of drug-likeness (QED) is 0.612. The van der Waals surface area contributed by atoms with Gasteiger partial charge in [-0.15, -0.1) is 0 Å². The molecule has 0 aliphatic heterocycles. The van der Waals surface area contributed by atoms with E-state index in [-0.39, 0.29) is 33.5 Å². The largest absolute Gasteiger partial charge is 0.480 e. The van der Waals surface area contributed by atoms with Crippen LogP contribution in [0.2, 0.25) is 5.02 Å². The van der Waals surface area contributed by atoms with E-state index >= 15 is 0 Å². The van der Waals surface area contributed by atoms with E-state index in [1.54, 1.807) is 6.92 Å². The maximum absolute atomic E-state index is 13.0. The summed E-state index contributed by atoms with van der Waals surface area (Å²) >= 11 is 5.97. The van der Waals surface area contributed by atoms with Gasteiger partial charge in [-0.1, -0.05) is 11.6 Å². The molecule has 0 spiro atoms. The van der Waals surface area contributed by atoms with Crippen molar-refractivity contribution in [3.63, 3.8) is 0 Å². The van der Waals surface area contributed by atoms with Gasteiger partial charge < -0.3 is 20.1 Å². The van der Waals surface area contributed by atoms with Crippen molar-refractivity contribution in [3.05, 3.63) is 40.9 Å². The van der Waals surface area contributed by atoms with Crippen LogP contribution in [0.25, 0.3) is 5.65 Å². The van der Waals surface area contributed by atoms with Crippen LogP contribution in [0.5, 0.6) is 5.88 Å². The number of urea groups is 1. The van der Waals surface area contributed by atoms with Crippen molar-refractivity contribution in [1.29, 1.82) is 0 Å². The van der Waals surface area contributed by atoms with Gasteiger partial charge >= 0.3 is 12.2 Å². The third kappa shape index (κ3) is 4.39. The fourth-order valence-electron chi connectivity index (χ4n) is 2.64. The van der Waals surface area contributed by atoms with Crippen LogP contribution in [0.1, 0.15) is 24.3 Å². The zero-order chi connectivity index (χ0) is 22.1. The zero-order valence-electron chi connectivity index (χ0n) is 15.9. The molecule has 0 aliphatic rings. The third-order valence-electron chi connectivity index (χ3n) is 4.09. The van der Waals surface area contributed by atoms with E-state index in [1.165, 1.54) is 32.7 Å². The van der Waals surface area contributed by atoms with Gasteiger partial charge in [0.05, 0.1) is 48.7 Å². The van der Waals surface area contributed by atoms with Gasteiger partial charge in [0.25, 0.3) is 0 Å². The summed E-state index contributed by atoms with van der Waals surface area (Å²) in [7, 11) is 2.78. The average Bonchev–Trinajstić information content (AvgIpc) is 3.12. The summed E-state index contributed by atoms with van der Waals surface area (Å²) in [5.41, 5.74) is -0.581. The maximum atomic E-state index is 13.0. The zero-order valence-corrected chi connectivity index (χ0v) is 16.7. The number of alkyl halides is 3. The van der Waals surface area contributed by atoms with E-state index in [4.69, 9.17) is 21.1 Å². The number of imidazole rings is 1. The number of rotatable bonds is 5. The van der Waals surface area contributed by atoms with E-state index in [2.05, 4.69) is 25.7 Å². The number of hydrogen-bond acceptors (Lipinski definition) is 6. The van der Waals surface area contributed by atoms with E-state index in [0.29, 0.717) is 0 Å². The number of methoxy groups -OCH3 is 2. The van der Waals surface area contributed by atoms with Gasteiger partial charge in [0, 0.05) is 7.11 Å². The number of carbonyl (C=O) groups excluding carboxylic acids is 1. The lowest BCUT2D eigenvalue weighted by atomic mass is 10.1. The monoisotopic (exact) mass is 444 g/mol. The van der Waals surface area contributed by atoms with Gasteiger partial charge in [-0.3, -0.25) is 0 Å². The molecule has 3 aromatic rings. The highest BCUT2D eigenvalue weighted by molar-refractivity contribution is 6.32. The first-order valence-electron chi connectivity index (χ1n) is 8.39. The predicted octanol–water partition coefficient (Wildman–Crippen LogP) is 4.16. The highest BCUT2D eigenvalue weighted by Crippen LogP contribution is 2.33. The Balaban J connectivity index is 1.92. The SMILES string of the molecule is COc1ncc(NC(=O)Nc2cnn3cc(C(F)(F)F)nc3c2C(C)OC)cc1Cl. The summed E-state index contributed by atoms with van der Waals surface area (Å²) < 4.78 is 50.3. The Kier molecular flexibility index (Phi) is 5.99. The van der Waals surface area contributed by atoms with Crippen LogP contribution >= 0.6 is 11.6 Å². The predicted molar refractivity (Wildman–Crippen MR) is 102 cm³/mol. The molecule has 0 saturated heterocycles. The number of aromatic nitrogens is 4. The molecule has 0 radical (unpaired) electrons. The summed E-state index contributed by atoms with van der Waals surface area (Å²) in [5, 5.41) is 9.13.